The Balaban J connectivity index is 2.79. The van der Waals surface area contributed by atoms with Gasteiger partial charge in [0.15, 0.2) is 0 Å². The molecular weight excluding hydrogens is 230 g/mol. The molecule has 0 radical (unpaired) electrons. The SMILES string of the molecule is Cc1ccc(F)c(-c2cnc[nH]c2=S)c1F. The largest absolute Gasteiger partial charge is 0.337 e. The fourth-order valence-electron chi connectivity index (χ4n) is 1.43. The molecule has 0 fully saturated rings. The van der Waals surface area contributed by atoms with Gasteiger partial charge in [0, 0.05) is 11.8 Å². The maximum Gasteiger partial charge on any atom is 0.137 e. The summed E-state index contributed by atoms with van der Waals surface area (Å²) in [7, 11) is 0. The van der Waals surface area contributed by atoms with Gasteiger partial charge in [-0.05, 0) is 18.6 Å². The molecule has 0 amide bonds. The normalized spacial score (nSPS) is 10.4. The van der Waals surface area contributed by atoms with Gasteiger partial charge in [-0.25, -0.2) is 13.8 Å². The van der Waals surface area contributed by atoms with Crippen LogP contribution in [0, 0.1) is 23.2 Å². The number of hydrogen-bond donors (Lipinski definition) is 1. The number of benzene rings is 1. The third-order valence-electron chi connectivity index (χ3n) is 2.27. The van der Waals surface area contributed by atoms with E-state index >= 15 is 0 Å². The van der Waals surface area contributed by atoms with Crippen LogP contribution in [-0.4, -0.2) is 9.97 Å². The van der Waals surface area contributed by atoms with Crippen LogP contribution in [0.2, 0.25) is 0 Å². The van der Waals surface area contributed by atoms with E-state index in [2.05, 4.69) is 9.97 Å². The third kappa shape index (κ3) is 1.74. The van der Waals surface area contributed by atoms with E-state index in [4.69, 9.17) is 12.2 Å². The molecule has 0 aliphatic carbocycles. The average Bonchev–Trinajstić information content (AvgIpc) is 2.27. The number of hydrogen-bond acceptors (Lipinski definition) is 2. The molecule has 0 saturated heterocycles. The van der Waals surface area contributed by atoms with Gasteiger partial charge in [-0.3, -0.25) is 0 Å². The van der Waals surface area contributed by atoms with E-state index in [-0.39, 0.29) is 15.8 Å². The van der Waals surface area contributed by atoms with Crippen molar-refractivity contribution in [1.29, 1.82) is 0 Å². The summed E-state index contributed by atoms with van der Waals surface area (Å²) in [6, 6.07) is 2.60. The molecule has 0 aliphatic heterocycles. The number of nitrogens with zero attached hydrogens (tertiary/aromatic N) is 1. The zero-order valence-electron chi connectivity index (χ0n) is 8.42. The van der Waals surface area contributed by atoms with Gasteiger partial charge >= 0.3 is 0 Å². The van der Waals surface area contributed by atoms with Crippen molar-refractivity contribution in [3.8, 4) is 11.1 Å². The predicted molar refractivity (Wildman–Crippen MR) is 59.5 cm³/mol. The molecule has 5 heteroatoms. The Labute approximate surface area is 96.0 Å². The molecule has 0 saturated carbocycles. The van der Waals surface area contributed by atoms with E-state index in [1.165, 1.54) is 24.7 Å². The number of aromatic nitrogens is 2. The number of aryl methyl sites for hydroxylation is 1. The minimum atomic E-state index is -0.643. The van der Waals surface area contributed by atoms with Gasteiger partial charge in [0.2, 0.25) is 0 Å². The van der Waals surface area contributed by atoms with E-state index in [0.29, 0.717) is 5.56 Å². The number of nitrogens with one attached hydrogen (secondary N) is 1. The predicted octanol–water partition coefficient (Wildman–Crippen LogP) is 3.39. The summed E-state index contributed by atoms with van der Waals surface area (Å²) in [5.41, 5.74) is 0.500. The molecule has 16 heavy (non-hydrogen) atoms. The smallest absolute Gasteiger partial charge is 0.137 e. The van der Waals surface area contributed by atoms with Crippen molar-refractivity contribution in [1.82, 2.24) is 9.97 Å². The van der Waals surface area contributed by atoms with Crippen molar-refractivity contribution < 1.29 is 8.78 Å². The van der Waals surface area contributed by atoms with Gasteiger partial charge in [0.25, 0.3) is 0 Å². The summed E-state index contributed by atoms with van der Waals surface area (Å²) in [5.74, 6) is -1.25. The molecule has 0 aliphatic rings. The van der Waals surface area contributed by atoms with E-state index in [0.717, 1.165) is 0 Å². The van der Waals surface area contributed by atoms with Crippen molar-refractivity contribution in [3.05, 3.63) is 46.5 Å². The Bertz CT molecular complexity index is 593. The van der Waals surface area contributed by atoms with Crippen molar-refractivity contribution >= 4 is 12.2 Å². The fourth-order valence-corrected chi connectivity index (χ4v) is 1.63. The monoisotopic (exact) mass is 238 g/mol. The first kappa shape index (κ1) is 10.9. The number of aromatic amines is 1. The van der Waals surface area contributed by atoms with Crippen LogP contribution >= 0.6 is 12.2 Å². The highest BCUT2D eigenvalue weighted by molar-refractivity contribution is 7.71. The second-order valence-electron chi connectivity index (χ2n) is 3.35. The number of rotatable bonds is 1. The van der Waals surface area contributed by atoms with Crippen LogP contribution in [0.15, 0.2) is 24.7 Å². The molecule has 82 valence electrons. The molecule has 1 aromatic heterocycles. The van der Waals surface area contributed by atoms with Crippen molar-refractivity contribution in [2.45, 2.75) is 6.92 Å². The quantitative estimate of drug-likeness (QED) is 0.771. The molecular formula is C11H8F2N2S. The minimum Gasteiger partial charge on any atom is -0.337 e. The number of H-pyrrole nitrogens is 1. The van der Waals surface area contributed by atoms with Crippen LogP contribution in [0.25, 0.3) is 11.1 Å². The highest BCUT2D eigenvalue weighted by Crippen LogP contribution is 2.27. The second kappa shape index (κ2) is 4.09. The standard InChI is InChI=1S/C11H8F2N2S/c1-6-2-3-8(12)9(10(6)13)7-4-14-5-15-11(7)16/h2-5H,1H3,(H,14,15,16). The molecule has 1 heterocycles. The second-order valence-corrected chi connectivity index (χ2v) is 3.76. The van der Waals surface area contributed by atoms with Gasteiger partial charge in [-0.1, -0.05) is 18.3 Å². The van der Waals surface area contributed by atoms with Gasteiger partial charge in [-0.2, -0.15) is 0 Å². The van der Waals surface area contributed by atoms with Crippen LogP contribution < -0.4 is 0 Å². The Morgan fingerprint density at radius 1 is 1.31 bits per heavy atom. The van der Waals surface area contributed by atoms with Gasteiger partial charge in [0.1, 0.15) is 16.3 Å². The van der Waals surface area contributed by atoms with Crippen LogP contribution in [0.4, 0.5) is 8.78 Å². The maximum absolute atomic E-state index is 13.8. The highest BCUT2D eigenvalue weighted by atomic mass is 32.1. The van der Waals surface area contributed by atoms with Crippen LogP contribution in [0.1, 0.15) is 5.56 Å². The zero-order chi connectivity index (χ0) is 11.7. The lowest BCUT2D eigenvalue weighted by atomic mass is 10.0. The molecule has 2 rings (SSSR count). The molecule has 1 N–H and O–H groups in total. The molecule has 1 aromatic carbocycles. The summed E-state index contributed by atoms with van der Waals surface area (Å²) in [4.78, 5) is 6.42. The highest BCUT2D eigenvalue weighted by Gasteiger charge is 2.14. The molecule has 0 atom stereocenters. The summed E-state index contributed by atoms with van der Waals surface area (Å²) in [5, 5.41) is 0. The topological polar surface area (TPSA) is 28.7 Å². The Kier molecular flexibility index (Phi) is 2.78. The van der Waals surface area contributed by atoms with Gasteiger partial charge in [0.05, 0.1) is 11.9 Å². The molecule has 0 bridgehead atoms. The van der Waals surface area contributed by atoms with Crippen molar-refractivity contribution in [2.24, 2.45) is 0 Å². The number of halogens is 2. The van der Waals surface area contributed by atoms with Crippen molar-refractivity contribution in [2.75, 3.05) is 0 Å². The minimum absolute atomic E-state index is 0.130. The van der Waals surface area contributed by atoms with E-state index in [9.17, 15) is 8.78 Å². The lowest BCUT2D eigenvalue weighted by Gasteiger charge is -2.06. The Morgan fingerprint density at radius 2 is 2.06 bits per heavy atom. The van der Waals surface area contributed by atoms with Crippen LogP contribution in [0.3, 0.4) is 0 Å². The van der Waals surface area contributed by atoms with E-state index in [1.807, 2.05) is 0 Å². The van der Waals surface area contributed by atoms with Crippen molar-refractivity contribution in [3.63, 3.8) is 0 Å². The summed E-state index contributed by atoms with van der Waals surface area (Å²) < 4.78 is 27.6. The molecule has 2 nitrogen and oxygen atoms in total. The first-order chi connectivity index (χ1) is 7.61. The Morgan fingerprint density at radius 3 is 2.75 bits per heavy atom. The fraction of sp³-hybridized carbons (Fsp3) is 0.0909. The molecule has 2 aromatic rings. The molecule has 0 spiro atoms. The van der Waals surface area contributed by atoms with Gasteiger partial charge < -0.3 is 4.98 Å². The lowest BCUT2D eigenvalue weighted by molar-refractivity contribution is 0.583. The van der Waals surface area contributed by atoms with Crippen LogP contribution in [0.5, 0.6) is 0 Å². The summed E-state index contributed by atoms with van der Waals surface area (Å²) in [6.07, 6.45) is 2.72. The zero-order valence-corrected chi connectivity index (χ0v) is 9.24. The average molecular weight is 238 g/mol. The maximum atomic E-state index is 13.8. The van der Waals surface area contributed by atoms with E-state index < -0.39 is 11.6 Å². The van der Waals surface area contributed by atoms with Gasteiger partial charge in [-0.15, -0.1) is 0 Å². The third-order valence-corrected chi connectivity index (χ3v) is 2.61. The lowest BCUT2D eigenvalue weighted by Crippen LogP contribution is -1.95. The first-order valence-electron chi connectivity index (χ1n) is 4.59. The summed E-state index contributed by atoms with van der Waals surface area (Å²) >= 11 is 4.97. The van der Waals surface area contributed by atoms with Crippen LogP contribution in [-0.2, 0) is 0 Å². The first-order valence-corrected chi connectivity index (χ1v) is 4.99. The molecule has 0 unspecified atom stereocenters. The Hall–Kier alpha value is -1.62. The summed E-state index contributed by atoms with van der Waals surface area (Å²) in [6.45, 7) is 1.57. The van der Waals surface area contributed by atoms with E-state index in [1.54, 1.807) is 6.92 Å².